The predicted octanol–water partition coefficient (Wildman–Crippen LogP) is 0.694. The van der Waals surface area contributed by atoms with Gasteiger partial charge in [-0.05, 0) is 6.08 Å². The van der Waals surface area contributed by atoms with E-state index in [-0.39, 0.29) is 5.03 Å². The Balaban J connectivity index is 3.29. The first kappa shape index (κ1) is 11.0. The lowest BCUT2D eigenvalue weighted by molar-refractivity contribution is -0.117. The number of alkyl halides is 1. The largest absolute Gasteiger partial charge is 0.371 e. The lowest BCUT2D eigenvalue weighted by atomic mass is 9.81. The molecule has 6 heteroatoms. The molecule has 0 radical (unpaired) electrons. The van der Waals surface area contributed by atoms with Crippen molar-refractivity contribution in [2.45, 2.75) is 11.0 Å². The smallest absolute Gasteiger partial charge is 0.193 e. The van der Waals surface area contributed by atoms with Crippen molar-refractivity contribution in [2.24, 2.45) is 5.92 Å². The van der Waals surface area contributed by atoms with Crippen molar-refractivity contribution in [1.82, 2.24) is 0 Å². The number of hydrogen-bond acceptors (Lipinski definition) is 4. The number of hydrogen-bond donors (Lipinski definition) is 1. The number of nitriles is 2. The number of carbonyl (C=O) groups is 1. The summed E-state index contributed by atoms with van der Waals surface area (Å²) in [7, 11) is 0. The van der Waals surface area contributed by atoms with Gasteiger partial charge in [0.25, 0.3) is 0 Å². The Hall–Kier alpha value is -1.07. The van der Waals surface area contributed by atoms with E-state index in [0.29, 0.717) is 0 Å². The van der Waals surface area contributed by atoms with E-state index in [1.54, 1.807) is 6.07 Å². The summed E-state index contributed by atoms with van der Waals surface area (Å²) in [5.74, 6) is -1.95. The Kier molecular flexibility index (Phi) is 2.82. The first-order valence-electron chi connectivity index (χ1n) is 3.56. The van der Waals surface area contributed by atoms with Crippen LogP contribution in [0.1, 0.15) is 0 Å². The molecule has 0 amide bonds. The Labute approximate surface area is 89.9 Å². The average Bonchev–Trinajstić information content (AvgIpc) is 2.15. The monoisotopic (exact) mass is 230 g/mol. The van der Waals surface area contributed by atoms with Gasteiger partial charge < -0.3 is 5.11 Å². The normalized spacial score (nSPS) is 36.9. The van der Waals surface area contributed by atoms with Crippen molar-refractivity contribution in [2.75, 3.05) is 0 Å². The molecule has 0 heterocycles. The van der Waals surface area contributed by atoms with Gasteiger partial charge in [0.1, 0.15) is 17.4 Å². The van der Waals surface area contributed by atoms with E-state index < -0.39 is 22.7 Å². The van der Waals surface area contributed by atoms with Gasteiger partial charge in [0.05, 0.1) is 11.1 Å². The Bertz CT molecular complexity index is 393. The van der Waals surface area contributed by atoms with Crippen molar-refractivity contribution in [1.29, 1.82) is 10.5 Å². The van der Waals surface area contributed by atoms with Crippen LogP contribution >= 0.6 is 23.2 Å². The molecule has 0 saturated heterocycles. The second-order valence-corrected chi connectivity index (χ2v) is 3.68. The second-order valence-electron chi connectivity index (χ2n) is 2.80. The minimum atomic E-state index is -2.09. The van der Waals surface area contributed by atoms with Gasteiger partial charge in [-0.25, -0.2) is 0 Å². The Morgan fingerprint density at radius 3 is 2.57 bits per heavy atom. The molecular formula is C8H4Cl2N2O2. The van der Waals surface area contributed by atoms with Gasteiger partial charge in [0.15, 0.2) is 11.4 Å². The molecule has 0 spiro atoms. The number of nitrogens with zero attached hydrogens (tertiary/aromatic N) is 2. The van der Waals surface area contributed by atoms with E-state index in [0.717, 1.165) is 6.08 Å². The molecule has 72 valence electrons. The zero-order chi connectivity index (χ0) is 10.9. The molecular weight excluding hydrogens is 227 g/mol. The molecule has 1 aliphatic rings. The van der Waals surface area contributed by atoms with Crippen molar-refractivity contribution >= 4 is 29.0 Å². The zero-order valence-electron chi connectivity index (χ0n) is 6.74. The Morgan fingerprint density at radius 1 is 1.57 bits per heavy atom. The summed E-state index contributed by atoms with van der Waals surface area (Å²) < 4.78 is 0. The van der Waals surface area contributed by atoms with E-state index in [4.69, 9.17) is 33.7 Å². The quantitative estimate of drug-likeness (QED) is 0.491. The van der Waals surface area contributed by atoms with Crippen LogP contribution in [0.25, 0.3) is 0 Å². The summed E-state index contributed by atoms with van der Waals surface area (Å²) in [5, 5.41) is 25.3. The average molecular weight is 231 g/mol. The molecule has 0 aromatic rings. The summed E-state index contributed by atoms with van der Waals surface area (Å²) in [4.78, 5) is 11.2. The van der Waals surface area contributed by atoms with E-state index in [9.17, 15) is 9.90 Å². The van der Waals surface area contributed by atoms with Crippen LogP contribution < -0.4 is 0 Å². The lowest BCUT2D eigenvalue weighted by Gasteiger charge is -2.29. The van der Waals surface area contributed by atoms with Gasteiger partial charge in [-0.15, -0.1) is 11.6 Å². The molecule has 0 aromatic heterocycles. The number of halogens is 2. The number of aliphatic hydroxyl groups is 1. The van der Waals surface area contributed by atoms with Crippen LogP contribution in [0.3, 0.4) is 0 Å². The molecule has 14 heavy (non-hydrogen) atoms. The summed E-state index contributed by atoms with van der Waals surface area (Å²) in [6, 6.07) is 3.12. The topological polar surface area (TPSA) is 84.9 Å². The van der Waals surface area contributed by atoms with Crippen LogP contribution in [0.15, 0.2) is 11.1 Å². The highest BCUT2D eigenvalue weighted by Gasteiger charge is 2.48. The molecule has 3 unspecified atom stereocenters. The van der Waals surface area contributed by atoms with Gasteiger partial charge in [-0.2, -0.15) is 10.5 Å². The molecule has 0 aliphatic heterocycles. The molecule has 4 nitrogen and oxygen atoms in total. The van der Waals surface area contributed by atoms with E-state index in [1.165, 1.54) is 6.07 Å². The van der Waals surface area contributed by atoms with Crippen LogP contribution in [0.4, 0.5) is 0 Å². The molecule has 3 atom stereocenters. The van der Waals surface area contributed by atoms with Crippen LogP contribution in [0.2, 0.25) is 0 Å². The minimum absolute atomic E-state index is 0.319. The molecule has 1 rings (SSSR count). The fourth-order valence-electron chi connectivity index (χ4n) is 1.13. The SMILES string of the molecule is N#CC1C(Cl)C(=O)C(Cl)=CC1(O)C#N. The minimum Gasteiger partial charge on any atom is -0.371 e. The van der Waals surface area contributed by atoms with Gasteiger partial charge in [0.2, 0.25) is 0 Å². The van der Waals surface area contributed by atoms with Crippen LogP contribution in [0, 0.1) is 28.6 Å². The van der Waals surface area contributed by atoms with Crippen LogP contribution in [0.5, 0.6) is 0 Å². The maximum atomic E-state index is 11.2. The lowest BCUT2D eigenvalue weighted by Crippen LogP contribution is -2.46. The van der Waals surface area contributed by atoms with Crippen molar-refractivity contribution in [3.63, 3.8) is 0 Å². The van der Waals surface area contributed by atoms with Gasteiger partial charge in [-0.3, -0.25) is 4.79 Å². The zero-order valence-corrected chi connectivity index (χ0v) is 8.25. The third-order valence-corrected chi connectivity index (χ3v) is 2.66. The standard InChI is InChI=1S/C8H4Cl2N2O2/c9-5-1-8(14,3-12)4(2-11)6(10)7(5)13/h1,4,6,14H. The summed E-state index contributed by atoms with van der Waals surface area (Å²) >= 11 is 11.0. The molecule has 0 saturated carbocycles. The van der Waals surface area contributed by atoms with E-state index in [2.05, 4.69) is 0 Å². The van der Waals surface area contributed by atoms with Crippen LogP contribution in [-0.4, -0.2) is 21.9 Å². The van der Waals surface area contributed by atoms with Gasteiger partial charge in [0, 0.05) is 0 Å². The molecule has 1 N–H and O–H groups in total. The number of rotatable bonds is 0. The first-order chi connectivity index (χ1) is 6.46. The first-order valence-corrected chi connectivity index (χ1v) is 4.37. The van der Waals surface area contributed by atoms with Crippen molar-refractivity contribution in [3.8, 4) is 12.1 Å². The van der Waals surface area contributed by atoms with E-state index >= 15 is 0 Å². The predicted molar refractivity (Wildman–Crippen MR) is 48.2 cm³/mol. The highest BCUT2D eigenvalue weighted by atomic mass is 35.5. The van der Waals surface area contributed by atoms with Crippen LogP contribution in [-0.2, 0) is 4.79 Å². The fourth-order valence-corrected chi connectivity index (χ4v) is 1.83. The number of allylic oxidation sites excluding steroid dienone is 1. The number of carbonyl (C=O) groups excluding carboxylic acids is 1. The highest BCUT2D eigenvalue weighted by molar-refractivity contribution is 6.49. The summed E-state index contributed by atoms with van der Waals surface area (Å²) in [6.45, 7) is 0. The second kappa shape index (κ2) is 3.59. The highest BCUT2D eigenvalue weighted by Crippen LogP contribution is 2.34. The van der Waals surface area contributed by atoms with Gasteiger partial charge in [-0.1, -0.05) is 11.6 Å². The molecule has 1 aliphatic carbocycles. The maximum absolute atomic E-state index is 11.2. The maximum Gasteiger partial charge on any atom is 0.193 e. The number of ketones is 1. The molecule has 0 aromatic carbocycles. The molecule has 0 bridgehead atoms. The van der Waals surface area contributed by atoms with E-state index in [1.807, 2.05) is 0 Å². The number of Topliss-reactive ketones (excluding diaryl/α,β-unsaturated/α-hetero) is 1. The summed E-state index contributed by atoms with van der Waals surface area (Å²) in [6.07, 6.45) is 0.851. The third-order valence-electron chi connectivity index (χ3n) is 1.92. The van der Waals surface area contributed by atoms with Gasteiger partial charge >= 0.3 is 0 Å². The van der Waals surface area contributed by atoms with Crippen molar-refractivity contribution in [3.05, 3.63) is 11.1 Å². The fraction of sp³-hybridized carbons (Fsp3) is 0.375. The third kappa shape index (κ3) is 1.49. The molecule has 0 fully saturated rings. The Morgan fingerprint density at radius 2 is 2.14 bits per heavy atom. The summed E-state index contributed by atoms with van der Waals surface area (Å²) in [5.41, 5.74) is -2.09. The van der Waals surface area contributed by atoms with Crippen molar-refractivity contribution < 1.29 is 9.90 Å².